The molecule has 3 heterocycles. The number of halogens is 1. The van der Waals surface area contributed by atoms with Crippen molar-refractivity contribution in [1.82, 2.24) is 14.3 Å². The molecule has 1 aliphatic heterocycles. The number of carbonyl (C=O) groups excluding carboxylic acids is 1. The number of hydrogen-bond acceptors (Lipinski definition) is 7. The Hall–Kier alpha value is -2.14. The SMILES string of the molecule is CN1CCc2ccc(OS(=O)(=O)c3c(Cl)nc4sccn34)cc2C1C(N)=O. The minimum atomic E-state index is -4.23. The predicted octanol–water partition coefficient (Wildman–Crippen LogP) is 1.83. The van der Waals surface area contributed by atoms with Crippen LogP contribution in [0.5, 0.6) is 5.75 Å². The summed E-state index contributed by atoms with van der Waals surface area (Å²) in [5.74, 6) is -0.422. The maximum atomic E-state index is 12.8. The van der Waals surface area contributed by atoms with Crippen molar-refractivity contribution in [3.05, 3.63) is 46.1 Å². The Morgan fingerprint density at radius 2 is 2.22 bits per heavy atom. The third kappa shape index (κ3) is 3.08. The number of hydrogen-bond donors (Lipinski definition) is 1. The number of aromatic nitrogens is 2. The Bertz CT molecular complexity index is 1150. The van der Waals surface area contributed by atoms with Gasteiger partial charge >= 0.3 is 10.1 Å². The van der Waals surface area contributed by atoms with E-state index in [4.69, 9.17) is 21.5 Å². The number of imidazole rings is 1. The number of amides is 1. The van der Waals surface area contributed by atoms with Gasteiger partial charge in [0, 0.05) is 18.1 Å². The molecule has 1 aliphatic rings. The maximum absolute atomic E-state index is 12.8. The minimum Gasteiger partial charge on any atom is -0.378 e. The van der Waals surface area contributed by atoms with E-state index < -0.39 is 22.1 Å². The van der Waals surface area contributed by atoms with Gasteiger partial charge in [0.2, 0.25) is 10.9 Å². The van der Waals surface area contributed by atoms with Crippen LogP contribution < -0.4 is 9.92 Å². The number of benzene rings is 1. The molecule has 2 aromatic heterocycles. The lowest BCUT2D eigenvalue weighted by Crippen LogP contribution is -2.40. The number of thiazole rings is 1. The second kappa shape index (κ2) is 6.48. The summed E-state index contributed by atoms with van der Waals surface area (Å²) < 4.78 is 32.2. The van der Waals surface area contributed by atoms with E-state index in [1.807, 2.05) is 4.90 Å². The molecular formula is C16H15ClN4O4S2. The van der Waals surface area contributed by atoms with E-state index in [-0.39, 0.29) is 15.9 Å². The molecule has 0 aliphatic carbocycles. The Morgan fingerprint density at radius 1 is 1.44 bits per heavy atom. The molecule has 1 amide bonds. The van der Waals surface area contributed by atoms with Gasteiger partial charge in [-0.25, -0.2) is 4.98 Å². The maximum Gasteiger partial charge on any atom is 0.358 e. The number of nitrogens with two attached hydrogens (primary N) is 1. The molecule has 27 heavy (non-hydrogen) atoms. The van der Waals surface area contributed by atoms with Gasteiger partial charge < -0.3 is 9.92 Å². The molecule has 1 aromatic carbocycles. The van der Waals surface area contributed by atoms with Crippen LogP contribution in [-0.2, 0) is 21.3 Å². The molecule has 0 saturated carbocycles. The van der Waals surface area contributed by atoms with Gasteiger partial charge in [-0.3, -0.25) is 14.1 Å². The van der Waals surface area contributed by atoms with E-state index in [1.54, 1.807) is 30.8 Å². The zero-order chi connectivity index (χ0) is 19.3. The fourth-order valence-electron chi connectivity index (χ4n) is 3.27. The zero-order valence-corrected chi connectivity index (χ0v) is 16.5. The number of rotatable bonds is 4. The van der Waals surface area contributed by atoms with Crippen LogP contribution >= 0.6 is 22.9 Å². The Morgan fingerprint density at radius 3 is 2.96 bits per heavy atom. The standard InChI is InChI=1S/C16H15ClN4O4S2/c1-20-5-4-9-2-3-10(8-11(9)12(20)14(18)22)25-27(23,24)15-13(17)19-16-21(15)6-7-26-16/h2-3,6-8,12H,4-5H2,1H3,(H2,18,22). The van der Waals surface area contributed by atoms with Gasteiger partial charge in [0.1, 0.15) is 11.8 Å². The Labute approximate surface area is 164 Å². The largest absolute Gasteiger partial charge is 0.378 e. The van der Waals surface area contributed by atoms with Crippen molar-refractivity contribution in [3.63, 3.8) is 0 Å². The molecule has 1 atom stereocenters. The average Bonchev–Trinajstić information content (AvgIpc) is 3.13. The summed E-state index contributed by atoms with van der Waals surface area (Å²) in [5.41, 5.74) is 7.11. The summed E-state index contributed by atoms with van der Waals surface area (Å²) in [4.78, 5) is 18.2. The van der Waals surface area contributed by atoms with Crippen molar-refractivity contribution in [2.45, 2.75) is 17.5 Å². The second-order valence-electron chi connectivity index (χ2n) is 6.20. The van der Waals surface area contributed by atoms with Gasteiger partial charge in [0.15, 0.2) is 10.1 Å². The first kappa shape index (κ1) is 18.2. The van der Waals surface area contributed by atoms with Crippen molar-refractivity contribution in [2.24, 2.45) is 5.73 Å². The van der Waals surface area contributed by atoms with Gasteiger partial charge in [-0.15, -0.1) is 11.3 Å². The molecule has 142 valence electrons. The highest BCUT2D eigenvalue weighted by molar-refractivity contribution is 7.87. The van der Waals surface area contributed by atoms with Crippen molar-refractivity contribution in [3.8, 4) is 5.75 Å². The molecule has 0 saturated heterocycles. The number of carbonyl (C=O) groups is 1. The van der Waals surface area contributed by atoms with Gasteiger partial charge in [-0.05, 0) is 36.7 Å². The van der Waals surface area contributed by atoms with E-state index >= 15 is 0 Å². The highest BCUT2D eigenvalue weighted by atomic mass is 35.5. The lowest BCUT2D eigenvalue weighted by Gasteiger charge is -2.32. The number of primary amides is 1. The van der Waals surface area contributed by atoms with E-state index in [1.165, 1.54) is 21.8 Å². The van der Waals surface area contributed by atoms with Gasteiger partial charge in [-0.2, -0.15) is 8.42 Å². The van der Waals surface area contributed by atoms with Gasteiger partial charge in [0.25, 0.3) is 0 Å². The van der Waals surface area contributed by atoms with Crippen LogP contribution in [0.2, 0.25) is 5.15 Å². The van der Waals surface area contributed by atoms with E-state index in [9.17, 15) is 13.2 Å². The summed E-state index contributed by atoms with van der Waals surface area (Å²) in [6, 6.07) is 4.21. The first-order chi connectivity index (χ1) is 12.8. The fourth-order valence-corrected chi connectivity index (χ4v) is 5.62. The van der Waals surface area contributed by atoms with Crippen LogP contribution in [0.1, 0.15) is 17.2 Å². The summed E-state index contributed by atoms with van der Waals surface area (Å²) >= 11 is 7.26. The Balaban J connectivity index is 1.74. The smallest absolute Gasteiger partial charge is 0.358 e. The molecule has 1 unspecified atom stereocenters. The zero-order valence-electron chi connectivity index (χ0n) is 14.1. The normalized spacial score (nSPS) is 17.8. The molecule has 0 spiro atoms. The molecular weight excluding hydrogens is 412 g/mol. The molecule has 2 N–H and O–H groups in total. The van der Waals surface area contributed by atoms with Crippen LogP contribution in [0.3, 0.4) is 0 Å². The topological polar surface area (TPSA) is 107 Å². The van der Waals surface area contributed by atoms with Crippen molar-refractivity contribution in [2.75, 3.05) is 13.6 Å². The Kier molecular flexibility index (Phi) is 4.38. The molecule has 4 rings (SSSR count). The highest BCUT2D eigenvalue weighted by Crippen LogP contribution is 2.33. The lowest BCUT2D eigenvalue weighted by atomic mass is 9.92. The van der Waals surface area contributed by atoms with Crippen LogP contribution in [0.25, 0.3) is 4.96 Å². The summed E-state index contributed by atoms with van der Waals surface area (Å²) in [5, 5.41) is 1.31. The van der Waals surface area contributed by atoms with Crippen LogP contribution in [0.15, 0.2) is 34.8 Å². The lowest BCUT2D eigenvalue weighted by molar-refractivity contribution is -0.123. The second-order valence-corrected chi connectivity index (χ2v) is 8.89. The molecule has 8 nitrogen and oxygen atoms in total. The van der Waals surface area contributed by atoms with Gasteiger partial charge in [0.05, 0.1) is 0 Å². The summed E-state index contributed by atoms with van der Waals surface area (Å²) in [6.07, 6.45) is 2.28. The molecule has 0 bridgehead atoms. The third-order valence-corrected chi connectivity index (χ3v) is 6.89. The third-order valence-electron chi connectivity index (χ3n) is 4.48. The molecule has 3 aromatic rings. The monoisotopic (exact) mass is 426 g/mol. The van der Waals surface area contributed by atoms with E-state index in [0.29, 0.717) is 17.1 Å². The van der Waals surface area contributed by atoms with Gasteiger partial charge in [-0.1, -0.05) is 17.7 Å². The van der Waals surface area contributed by atoms with Crippen molar-refractivity contribution >= 4 is 43.9 Å². The summed E-state index contributed by atoms with van der Waals surface area (Å²) in [6.45, 7) is 0.681. The first-order valence-corrected chi connectivity index (χ1v) is 10.6. The van der Waals surface area contributed by atoms with E-state index in [2.05, 4.69) is 4.98 Å². The first-order valence-electron chi connectivity index (χ1n) is 7.96. The minimum absolute atomic E-state index is 0.0801. The molecule has 0 radical (unpaired) electrons. The van der Waals surface area contributed by atoms with Crippen LogP contribution in [0, 0.1) is 0 Å². The van der Waals surface area contributed by atoms with Crippen molar-refractivity contribution in [1.29, 1.82) is 0 Å². The highest BCUT2D eigenvalue weighted by Gasteiger charge is 2.31. The molecule has 11 heteroatoms. The quantitative estimate of drug-likeness (QED) is 0.638. The van der Waals surface area contributed by atoms with E-state index in [0.717, 1.165) is 12.0 Å². The fraction of sp³-hybridized carbons (Fsp3) is 0.250. The number of nitrogens with zero attached hydrogens (tertiary/aromatic N) is 3. The van der Waals surface area contributed by atoms with Crippen molar-refractivity contribution < 1.29 is 17.4 Å². The predicted molar refractivity (Wildman–Crippen MR) is 101 cm³/mol. The summed E-state index contributed by atoms with van der Waals surface area (Å²) in [7, 11) is -2.44. The molecule has 0 fully saturated rings. The average molecular weight is 427 g/mol. The number of likely N-dealkylation sites (N-methyl/N-ethyl adjacent to an activating group) is 1. The van der Waals surface area contributed by atoms with Crippen LogP contribution in [0.4, 0.5) is 0 Å². The van der Waals surface area contributed by atoms with Crippen LogP contribution in [-0.4, -0.2) is 42.2 Å². The number of fused-ring (bicyclic) bond motifs is 2.